The Morgan fingerprint density at radius 2 is 1.70 bits per heavy atom. The van der Waals surface area contributed by atoms with Gasteiger partial charge in [0.15, 0.2) is 0 Å². The number of hydrogen-bond acceptors (Lipinski definition) is 2. The molecule has 1 fully saturated rings. The molecule has 1 aliphatic heterocycles. The van der Waals surface area contributed by atoms with Crippen molar-refractivity contribution in [2.24, 2.45) is 11.3 Å². The Hall–Kier alpha value is -1.51. The number of piperidine rings is 1. The zero-order chi connectivity index (χ0) is 14.8. The molecular formula is C17H26N2O. The number of amides is 1. The van der Waals surface area contributed by atoms with E-state index in [-0.39, 0.29) is 5.91 Å². The molecule has 1 aliphatic rings. The van der Waals surface area contributed by atoms with E-state index in [9.17, 15) is 4.79 Å². The van der Waals surface area contributed by atoms with E-state index < -0.39 is 0 Å². The van der Waals surface area contributed by atoms with Crippen LogP contribution < -0.4 is 5.32 Å². The van der Waals surface area contributed by atoms with Crippen molar-refractivity contribution in [2.45, 2.75) is 33.6 Å². The third-order valence-corrected chi connectivity index (χ3v) is 4.43. The minimum Gasteiger partial charge on any atom is -0.388 e. The topological polar surface area (TPSA) is 32.3 Å². The van der Waals surface area contributed by atoms with Gasteiger partial charge in [-0.2, -0.15) is 0 Å². The van der Waals surface area contributed by atoms with E-state index in [4.69, 9.17) is 0 Å². The van der Waals surface area contributed by atoms with Gasteiger partial charge in [0.2, 0.25) is 0 Å². The third-order valence-electron chi connectivity index (χ3n) is 4.43. The van der Waals surface area contributed by atoms with Crippen LogP contribution in [-0.4, -0.2) is 30.9 Å². The van der Waals surface area contributed by atoms with E-state index in [1.807, 2.05) is 36.2 Å². The average molecular weight is 274 g/mol. The molecule has 3 nitrogen and oxygen atoms in total. The number of carbonyl (C=O) groups is 1. The second-order valence-electron chi connectivity index (χ2n) is 6.76. The predicted molar refractivity (Wildman–Crippen MR) is 84.1 cm³/mol. The van der Waals surface area contributed by atoms with Gasteiger partial charge in [0.25, 0.3) is 5.91 Å². The first-order chi connectivity index (χ1) is 9.41. The van der Waals surface area contributed by atoms with Crippen LogP contribution >= 0.6 is 0 Å². The van der Waals surface area contributed by atoms with Crippen LogP contribution in [0, 0.1) is 11.3 Å². The predicted octanol–water partition coefficient (Wildman–Crippen LogP) is 3.63. The first-order valence-electron chi connectivity index (χ1n) is 7.49. The maximum Gasteiger partial charge on any atom is 0.253 e. The molecule has 0 spiro atoms. The summed E-state index contributed by atoms with van der Waals surface area (Å²) in [4.78, 5) is 14.5. The largest absolute Gasteiger partial charge is 0.388 e. The van der Waals surface area contributed by atoms with Gasteiger partial charge in [0, 0.05) is 31.4 Å². The summed E-state index contributed by atoms with van der Waals surface area (Å²) < 4.78 is 0. The van der Waals surface area contributed by atoms with Crippen molar-refractivity contribution >= 4 is 11.6 Å². The number of likely N-dealkylation sites (tertiary alicyclic amines) is 1. The van der Waals surface area contributed by atoms with Gasteiger partial charge >= 0.3 is 0 Å². The van der Waals surface area contributed by atoms with Crippen molar-refractivity contribution in [3.05, 3.63) is 29.8 Å². The highest BCUT2D eigenvalue weighted by molar-refractivity contribution is 5.94. The standard InChI is InChI=1S/C17H26N2O/c1-17(2,3)14-9-11-19(12-10-14)16(20)13-5-7-15(18-4)8-6-13/h5-8,14,18H,9-12H2,1-4H3. The molecule has 20 heavy (non-hydrogen) atoms. The molecule has 0 aliphatic carbocycles. The lowest BCUT2D eigenvalue weighted by Gasteiger charge is -2.38. The lowest BCUT2D eigenvalue weighted by molar-refractivity contribution is 0.0609. The Morgan fingerprint density at radius 1 is 1.15 bits per heavy atom. The van der Waals surface area contributed by atoms with Crippen molar-refractivity contribution in [3.8, 4) is 0 Å². The molecule has 0 saturated carbocycles. The van der Waals surface area contributed by atoms with E-state index in [0.717, 1.165) is 43.1 Å². The zero-order valence-corrected chi connectivity index (χ0v) is 13.1. The molecule has 1 heterocycles. The molecule has 0 unspecified atom stereocenters. The molecule has 0 atom stereocenters. The van der Waals surface area contributed by atoms with Crippen LogP contribution in [-0.2, 0) is 0 Å². The first-order valence-corrected chi connectivity index (χ1v) is 7.49. The highest BCUT2D eigenvalue weighted by Crippen LogP contribution is 2.34. The molecule has 1 N–H and O–H groups in total. The van der Waals surface area contributed by atoms with Gasteiger partial charge in [-0.15, -0.1) is 0 Å². The molecule has 110 valence electrons. The Bertz CT molecular complexity index is 451. The third kappa shape index (κ3) is 3.33. The SMILES string of the molecule is CNc1ccc(C(=O)N2CCC(C(C)(C)C)CC2)cc1. The fraction of sp³-hybridized carbons (Fsp3) is 0.588. The van der Waals surface area contributed by atoms with Crippen molar-refractivity contribution in [1.29, 1.82) is 0 Å². The lowest BCUT2D eigenvalue weighted by atomic mass is 9.75. The molecule has 1 aromatic carbocycles. The summed E-state index contributed by atoms with van der Waals surface area (Å²) in [6.45, 7) is 8.66. The molecule has 3 heteroatoms. The Kier molecular flexibility index (Phi) is 4.36. The molecule has 1 saturated heterocycles. The summed E-state index contributed by atoms with van der Waals surface area (Å²) in [5.41, 5.74) is 2.18. The molecule has 0 radical (unpaired) electrons. The van der Waals surface area contributed by atoms with E-state index in [1.54, 1.807) is 0 Å². The molecule has 0 aromatic heterocycles. The van der Waals surface area contributed by atoms with Crippen LogP contribution in [0.4, 0.5) is 5.69 Å². The number of nitrogens with one attached hydrogen (secondary N) is 1. The minimum absolute atomic E-state index is 0.167. The van der Waals surface area contributed by atoms with Gasteiger partial charge in [-0.3, -0.25) is 4.79 Å². The number of hydrogen-bond donors (Lipinski definition) is 1. The number of carbonyl (C=O) groups excluding carboxylic acids is 1. The van der Waals surface area contributed by atoms with Gasteiger partial charge in [-0.05, 0) is 48.4 Å². The Labute approximate surface area is 122 Å². The second kappa shape index (κ2) is 5.86. The van der Waals surface area contributed by atoms with Crippen molar-refractivity contribution in [3.63, 3.8) is 0 Å². The van der Waals surface area contributed by atoms with Gasteiger partial charge in [-0.1, -0.05) is 20.8 Å². The zero-order valence-electron chi connectivity index (χ0n) is 13.1. The van der Waals surface area contributed by atoms with Crippen LogP contribution in [0.25, 0.3) is 0 Å². The van der Waals surface area contributed by atoms with E-state index in [2.05, 4.69) is 26.1 Å². The second-order valence-corrected chi connectivity index (χ2v) is 6.76. The molecule has 0 bridgehead atoms. The number of benzene rings is 1. The van der Waals surface area contributed by atoms with Crippen LogP contribution in [0.5, 0.6) is 0 Å². The summed E-state index contributed by atoms with van der Waals surface area (Å²) in [5.74, 6) is 0.887. The van der Waals surface area contributed by atoms with E-state index in [0.29, 0.717) is 5.41 Å². The highest BCUT2D eigenvalue weighted by atomic mass is 16.2. The van der Waals surface area contributed by atoms with Crippen molar-refractivity contribution < 1.29 is 4.79 Å². The van der Waals surface area contributed by atoms with Gasteiger partial charge in [-0.25, -0.2) is 0 Å². The minimum atomic E-state index is 0.167. The summed E-state index contributed by atoms with van der Waals surface area (Å²) in [7, 11) is 1.88. The van der Waals surface area contributed by atoms with Crippen LogP contribution in [0.1, 0.15) is 44.0 Å². The van der Waals surface area contributed by atoms with E-state index >= 15 is 0 Å². The smallest absolute Gasteiger partial charge is 0.253 e. The van der Waals surface area contributed by atoms with Crippen LogP contribution in [0.15, 0.2) is 24.3 Å². The Balaban J connectivity index is 1.97. The maximum atomic E-state index is 12.5. The fourth-order valence-electron chi connectivity index (χ4n) is 2.91. The first kappa shape index (κ1) is 14.9. The highest BCUT2D eigenvalue weighted by Gasteiger charge is 2.30. The summed E-state index contributed by atoms with van der Waals surface area (Å²) in [6.07, 6.45) is 2.23. The summed E-state index contributed by atoms with van der Waals surface area (Å²) >= 11 is 0. The quantitative estimate of drug-likeness (QED) is 0.893. The molecule has 2 rings (SSSR count). The summed E-state index contributed by atoms with van der Waals surface area (Å²) in [6, 6.07) is 7.72. The van der Waals surface area contributed by atoms with Gasteiger partial charge < -0.3 is 10.2 Å². The Morgan fingerprint density at radius 3 is 2.15 bits per heavy atom. The maximum absolute atomic E-state index is 12.5. The van der Waals surface area contributed by atoms with E-state index in [1.165, 1.54) is 0 Å². The van der Waals surface area contributed by atoms with Gasteiger partial charge in [0.1, 0.15) is 0 Å². The number of rotatable bonds is 2. The van der Waals surface area contributed by atoms with Gasteiger partial charge in [0.05, 0.1) is 0 Å². The number of nitrogens with zero attached hydrogens (tertiary/aromatic N) is 1. The molecular weight excluding hydrogens is 248 g/mol. The normalized spacial score (nSPS) is 17.1. The van der Waals surface area contributed by atoms with Crippen LogP contribution in [0.2, 0.25) is 0 Å². The lowest BCUT2D eigenvalue weighted by Crippen LogP contribution is -2.41. The monoisotopic (exact) mass is 274 g/mol. The molecule has 1 aromatic rings. The van der Waals surface area contributed by atoms with Crippen molar-refractivity contribution in [2.75, 3.05) is 25.5 Å². The average Bonchev–Trinajstić information content (AvgIpc) is 2.46. The number of anilines is 1. The fourth-order valence-corrected chi connectivity index (χ4v) is 2.91. The van der Waals surface area contributed by atoms with Crippen molar-refractivity contribution in [1.82, 2.24) is 4.90 Å². The van der Waals surface area contributed by atoms with Crippen LogP contribution in [0.3, 0.4) is 0 Å². The molecule has 1 amide bonds. The summed E-state index contributed by atoms with van der Waals surface area (Å²) in [5, 5.41) is 3.07.